The molecule has 0 atom stereocenters. The van der Waals surface area contributed by atoms with Crippen molar-refractivity contribution in [1.82, 2.24) is 19.2 Å². The molecule has 3 heterocycles. The maximum Gasteiger partial charge on any atom is 0.351 e. The van der Waals surface area contributed by atoms with Gasteiger partial charge >= 0.3 is 5.69 Å². The van der Waals surface area contributed by atoms with Crippen molar-refractivity contribution in [2.75, 3.05) is 23.3 Å². The van der Waals surface area contributed by atoms with Gasteiger partial charge in [-0.1, -0.05) is 18.2 Å². The largest absolute Gasteiger partial charge is 0.353 e. The van der Waals surface area contributed by atoms with Crippen molar-refractivity contribution >= 4 is 34.1 Å². The highest BCUT2D eigenvalue weighted by Crippen LogP contribution is 2.25. The molecule has 0 spiro atoms. The number of rotatable bonds is 4. The van der Waals surface area contributed by atoms with Crippen LogP contribution in [0.3, 0.4) is 0 Å². The Morgan fingerprint density at radius 2 is 1.84 bits per heavy atom. The highest BCUT2D eigenvalue weighted by Gasteiger charge is 2.23. The van der Waals surface area contributed by atoms with Gasteiger partial charge in [0.05, 0.1) is 11.0 Å². The molecule has 0 unspecified atom stereocenters. The monoisotopic (exact) mass is 416 g/mol. The minimum absolute atomic E-state index is 0.165. The summed E-state index contributed by atoms with van der Waals surface area (Å²) in [5.41, 5.74) is 4.52. The lowest BCUT2D eigenvalue weighted by molar-refractivity contribution is -0.117. The van der Waals surface area contributed by atoms with E-state index in [1.807, 2.05) is 56.3 Å². The summed E-state index contributed by atoms with van der Waals surface area (Å²) in [6, 6.07) is 13.3. The molecule has 0 saturated carbocycles. The molecule has 4 aromatic rings. The van der Waals surface area contributed by atoms with E-state index in [1.54, 1.807) is 4.40 Å². The third-order valence-corrected chi connectivity index (χ3v) is 5.88. The Hall–Kier alpha value is -3.68. The second-order valence-electron chi connectivity index (χ2n) is 8.06. The van der Waals surface area contributed by atoms with Crippen molar-refractivity contribution in [3.8, 4) is 0 Å². The molecule has 0 bridgehead atoms. The summed E-state index contributed by atoms with van der Waals surface area (Å²) in [6.07, 6.45) is 2.17. The van der Waals surface area contributed by atoms with E-state index in [9.17, 15) is 9.59 Å². The Bertz CT molecular complexity index is 1360. The van der Waals surface area contributed by atoms with Crippen molar-refractivity contribution < 1.29 is 4.79 Å². The van der Waals surface area contributed by atoms with Crippen LogP contribution in [-0.4, -0.2) is 38.2 Å². The van der Waals surface area contributed by atoms with Crippen molar-refractivity contribution in [2.45, 2.75) is 33.2 Å². The first-order valence-electron chi connectivity index (χ1n) is 10.5. The maximum atomic E-state index is 13.2. The zero-order valence-electron chi connectivity index (χ0n) is 17.6. The third-order valence-electron chi connectivity index (χ3n) is 5.88. The number of hydrogen-bond acceptors (Lipinski definition) is 5. The first-order valence-corrected chi connectivity index (χ1v) is 10.5. The molecule has 1 aliphatic rings. The summed E-state index contributed by atoms with van der Waals surface area (Å²) < 4.78 is 2.79. The molecular weight excluding hydrogens is 392 g/mol. The van der Waals surface area contributed by atoms with Gasteiger partial charge < -0.3 is 10.2 Å². The minimum Gasteiger partial charge on any atom is -0.353 e. The van der Waals surface area contributed by atoms with Gasteiger partial charge in [0.1, 0.15) is 6.54 Å². The van der Waals surface area contributed by atoms with E-state index >= 15 is 0 Å². The lowest BCUT2D eigenvalue weighted by Crippen LogP contribution is -2.28. The number of benzene rings is 2. The quantitative estimate of drug-likeness (QED) is 0.553. The van der Waals surface area contributed by atoms with Gasteiger partial charge in [-0.25, -0.2) is 18.9 Å². The van der Waals surface area contributed by atoms with Gasteiger partial charge in [0.2, 0.25) is 11.6 Å². The lowest BCUT2D eigenvalue weighted by atomic mass is 10.1. The molecule has 1 saturated heterocycles. The number of hydrogen-bond donors (Lipinski definition) is 1. The molecule has 158 valence electrons. The highest BCUT2D eigenvalue weighted by molar-refractivity contribution is 5.90. The van der Waals surface area contributed by atoms with E-state index < -0.39 is 0 Å². The molecule has 31 heavy (non-hydrogen) atoms. The van der Waals surface area contributed by atoms with Gasteiger partial charge in [-0.15, -0.1) is 5.10 Å². The van der Waals surface area contributed by atoms with Gasteiger partial charge in [0, 0.05) is 18.8 Å². The Morgan fingerprint density at radius 3 is 2.61 bits per heavy atom. The van der Waals surface area contributed by atoms with E-state index in [1.165, 1.54) is 4.68 Å². The van der Waals surface area contributed by atoms with E-state index in [-0.39, 0.29) is 18.1 Å². The predicted molar refractivity (Wildman–Crippen MR) is 121 cm³/mol. The Kier molecular flexibility index (Phi) is 4.69. The molecule has 5 rings (SSSR count). The van der Waals surface area contributed by atoms with Crippen LogP contribution in [0.25, 0.3) is 16.7 Å². The van der Waals surface area contributed by atoms with Crippen molar-refractivity contribution in [3.05, 3.63) is 64.1 Å². The van der Waals surface area contributed by atoms with Crippen LogP contribution in [0.4, 0.5) is 11.5 Å². The van der Waals surface area contributed by atoms with Crippen molar-refractivity contribution in [3.63, 3.8) is 0 Å². The van der Waals surface area contributed by atoms with Crippen molar-refractivity contribution in [2.24, 2.45) is 0 Å². The van der Waals surface area contributed by atoms with Crippen LogP contribution < -0.4 is 15.9 Å². The number of nitrogens with zero attached hydrogens (tertiary/aromatic N) is 5. The van der Waals surface area contributed by atoms with Gasteiger partial charge in [0.25, 0.3) is 0 Å². The molecule has 8 heteroatoms. The number of anilines is 2. The first-order chi connectivity index (χ1) is 15.0. The molecule has 1 fully saturated rings. The van der Waals surface area contributed by atoms with Crippen LogP contribution in [0.5, 0.6) is 0 Å². The summed E-state index contributed by atoms with van der Waals surface area (Å²) in [5, 5.41) is 7.39. The average molecular weight is 416 g/mol. The summed E-state index contributed by atoms with van der Waals surface area (Å²) in [5.74, 6) is 0.398. The fourth-order valence-corrected chi connectivity index (χ4v) is 4.08. The lowest BCUT2D eigenvalue weighted by Gasteiger charge is -2.17. The smallest absolute Gasteiger partial charge is 0.351 e. The number of aryl methyl sites for hydroxylation is 2. The fraction of sp³-hybridized carbons (Fsp3) is 0.304. The third kappa shape index (κ3) is 3.43. The normalized spacial score (nSPS) is 13.9. The molecule has 2 aromatic carbocycles. The number of para-hydroxylation sites is 2. The summed E-state index contributed by atoms with van der Waals surface area (Å²) >= 11 is 0. The summed E-state index contributed by atoms with van der Waals surface area (Å²) in [4.78, 5) is 32.9. The van der Waals surface area contributed by atoms with Crippen LogP contribution >= 0.6 is 0 Å². The molecule has 1 N–H and O–H groups in total. The molecule has 8 nitrogen and oxygen atoms in total. The van der Waals surface area contributed by atoms with Gasteiger partial charge in [-0.05, 0) is 62.1 Å². The van der Waals surface area contributed by atoms with E-state index in [2.05, 4.69) is 15.3 Å². The number of carbonyl (C=O) groups excluding carboxylic acids is 1. The second kappa shape index (κ2) is 7.54. The van der Waals surface area contributed by atoms with Crippen LogP contribution in [0.15, 0.2) is 47.3 Å². The Morgan fingerprint density at radius 1 is 1.06 bits per heavy atom. The molecule has 2 aromatic heterocycles. The number of carbonyl (C=O) groups is 1. The predicted octanol–water partition coefficient (Wildman–Crippen LogP) is 2.90. The first kappa shape index (κ1) is 19.3. The second-order valence-corrected chi connectivity index (χ2v) is 8.06. The van der Waals surface area contributed by atoms with E-state index in [0.29, 0.717) is 22.7 Å². The van der Waals surface area contributed by atoms with Crippen molar-refractivity contribution in [1.29, 1.82) is 0 Å². The zero-order chi connectivity index (χ0) is 21.5. The number of fused-ring (bicyclic) bond motifs is 3. The van der Waals surface area contributed by atoms with Gasteiger partial charge in [-0.3, -0.25) is 4.79 Å². The van der Waals surface area contributed by atoms with Crippen LogP contribution in [-0.2, 0) is 11.3 Å². The molecule has 0 radical (unpaired) electrons. The molecule has 0 aliphatic carbocycles. The Balaban J connectivity index is 1.55. The Labute approximate surface area is 179 Å². The number of nitrogens with one attached hydrogen (secondary N) is 1. The van der Waals surface area contributed by atoms with E-state index in [4.69, 9.17) is 4.98 Å². The maximum absolute atomic E-state index is 13.2. The SMILES string of the molecule is Cc1ccc(NC(=O)Cn2nc3c(N4CCCC4)nc4ccccc4n3c2=O)cc1C. The van der Waals surface area contributed by atoms with Crippen LogP contribution in [0.2, 0.25) is 0 Å². The molecule has 1 aliphatic heterocycles. The standard InChI is InChI=1S/C23H24N6O2/c1-15-9-10-17(13-16(15)2)24-20(30)14-28-23(31)29-19-8-4-3-7-18(19)25-21(22(29)26-28)27-11-5-6-12-27/h3-4,7-10,13H,5-6,11-12,14H2,1-2H3,(H,24,30). The average Bonchev–Trinajstić information content (AvgIpc) is 3.39. The topological polar surface area (TPSA) is 84.5 Å². The number of amides is 1. The summed E-state index contributed by atoms with van der Waals surface area (Å²) in [7, 11) is 0. The van der Waals surface area contributed by atoms with Crippen LogP contribution in [0, 0.1) is 13.8 Å². The summed E-state index contributed by atoms with van der Waals surface area (Å²) in [6.45, 7) is 5.62. The molecular formula is C23H24N6O2. The number of aromatic nitrogens is 4. The van der Waals surface area contributed by atoms with Crippen LogP contribution in [0.1, 0.15) is 24.0 Å². The minimum atomic E-state index is -0.343. The van der Waals surface area contributed by atoms with Gasteiger partial charge in [-0.2, -0.15) is 0 Å². The zero-order valence-corrected chi connectivity index (χ0v) is 17.6. The van der Waals surface area contributed by atoms with E-state index in [0.717, 1.165) is 42.6 Å². The fourth-order valence-electron chi connectivity index (χ4n) is 4.08. The van der Waals surface area contributed by atoms with Gasteiger partial charge in [0.15, 0.2) is 5.82 Å². The molecule has 1 amide bonds. The highest BCUT2D eigenvalue weighted by atomic mass is 16.2.